The minimum absolute atomic E-state index is 0.0318. The van der Waals surface area contributed by atoms with Crippen LogP contribution in [0.4, 0.5) is 30.5 Å². The topological polar surface area (TPSA) is 63.8 Å². The van der Waals surface area contributed by atoms with E-state index in [0.29, 0.717) is 5.82 Å². The highest BCUT2D eigenvalue weighted by molar-refractivity contribution is 5.58. The molecule has 0 spiro atoms. The van der Waals surface area contributed by atoms with Crippen molar-refractivity contribution < 1.29 is 13.2 Å². The van der Waals surface area contributed by atoms with Gasteiger partial charge in [-0.1, -0.05) is 20.8 Å². The number of rotatable bonds is 2. The molecule has 2 aromatic rings. The van der Waals surface area contributed by atoms with E-state index in [1.54, 1.807) is 0 Å². The standard InChI is InChI=1S/C14H15F3N4/c1-14(2,3)13-20-10(18)6-11(21-13)19-7-4-8(15)12(17)9(16)5-7/h4-6H,1-3H3,(H3,18,19,20,21). The summed E-state index contributed by atoms with van der Waals surface area (Å²) in [6.45, 7) is 5.72. The number of nitrogens with zero attached hydrogens (tertiary/aromatic N) is 2. The van der Waals surface area contributed by atoms with Crippen LogP contribution in [-0.2, 0) is 5.41 Å². The molecule has 0 fully saturated rings. The smallest absolute Gasteiger partial charge is 0.194 e. The number of nitrogens with one attached hydrogen (secondary N) is 1. The summed E-state index contributed by atoms with van der Waals surface area (Å²) in [5.74, 6) is -3.10. The minimum atomic E-state index is -1.52. The van der Waals surface area contributed by atoms with Crippen molar-refractivity contribution in [2.45, 2.75) is 26.2 Å². The second-order valence-electron chi connectivity index (χ2n) is 5.63. The Kier molecular flexibility index (Phi) is 3.76. The molecule has 1 heterocycles. The van der Waals surface area contributed by atoms with Crippen LogP contribution in [0.15, 0.2) is 18.2 Å². The fourth-order valence-corrected chi connectivity index (χ4v) is 1.64. The first kappa shape index (κ1) is 15.1. The van der Waals surface area contributed by atoms with E-state index in [4.69, 9.17) is 5.73 Å². The molecule has 112 valence electrons. The molecule has 4 nitrogen and oxygen atoms in total. The van der Waals surface area contributed by atoms with Gasteiger partial charge in [-0.25, -0.2) is 23.1 Å². The fraction of sp³-hybridized carbons (Fsp3) is 0.286. The number of benzene rings is 1. The van der Waals surface area contributed by atoms with Crippen LogP contribution in [0.2, 0.25) is 0 Å². The Morgan fingerprint density at radius 2 is 1.57 bits per heavy atom. The van der Waals surface area contributed by atoms with E-state index in [-0.39, 0.29) is 22.7 Å². The first-order chi connectivity index (χ1) is 9.66. The molecule has 1 aromatic heterocycles. The third-order valence-electron chi connectivity index (χ3n) is 2.67. The molecule has 0 aliphatic carbocycles. The lowest BCUT2D eigenvalue weighted by molar-refractivity contribution is 0.448. The monoisotopic (exact) mass is 296 g/mol. The Morgan fingerprint density at radius 1 is 1.00 bits per heavy atom. The molecule has 0 saturated carbocycles. The van der Waals surface area contributed by atoms with E-state index < -0.39 is 17.5 Å². The Bertz CT molecular complexity index is 657. The Morgan fingerprint density at radius 3 is 2.10 bits per heavy atom. The van der Waals surface area contributed by atoms with E-state index in [0.717, 1.165) is 12.1 Å². The maximum absolute atomic E-state index is 13.2. The average Bonchev–Trinajstić information content (AvgIpc) is 2.34. The first-order valence-electron chi connectivity index (χ1n) is 6.23. The summed E-state index contributed by atoms with van der Waals surface area (Å²) in [5, 5.41) is 2.69. The highest BCUT2D eigenvalue weighted by atomic mass is 19.2. The second kappa shape index (κ2) is 5.23. The predicted octanol–water partition coefficient (Wildman–Crippen LogP) is 3.52. The van der Waals surface area contributed by atoms with Crippen molar-refractivity contribution in [2.24, 2.45) is 0 Å². The second-order valence-corrected chi connectivity index (χ2v) is 5.63. The van der Waals surface area contributed by atoms with E-state index in [2.05, 4.69) is 15.3 Å². The molecule has 0 saturated heterocycles. The summed E-state index contributed by atoms with van der Waals surface area (Å²) in [5.41, 5.74) is 5.38. The van der Waals surface area contributed by atoms with Gasteiger partial charge in [-0.3, -0.25) is 0 Å². The first-order valence-corrected chi connectivity index (χ1v) is 6.23. The lowest BCUT2D eigenvalue weighted by Gasteiger charge is -2.18. The lowest BCUT2D eigenvalue weighted by Crippen LogP contribution is -2.17. The molecule has 0 atom stereocenters. The van der Waals surface area contributed by atoms with Crippen LogP contribution in [0.3, 0.4) is 0 Å². The molecule has 0 radical (unpaired) electrons. The molecule has 0 aliphatic heterocycles. The maximum atomic E-state index is 13.2. The van der Waals surface area contributed by atoms with Gasteiger partial charge in [0.1, 0.15) is 17.5 Å². The van der Waals surface area contributed by atoms with Crippen LogP contribution < -0.4 is 11.1 Å². The molecule has 2 rings (SSSR count). The zero-order chi connectivity index (χ0) is 15.8. The quantitative estimate of drug-likeness (QED) is 0.832. The predicted molar refractivity (Wildman–Crippen MR) is 74.7 cm³/mol. The average molecular weight is 296 g/mol. The van der Waals surface area contributed by atoms with E-state index in [1.807, 2.05) is 20.8 Å². The zero-order valence-electron chi connectivity index (χ0n) is 11.8. The third-order valence-corrected chi connectivity index (χ3v) is 2.67. The van der Waals surface area contributed by atoms with Crippen molar-refractivity contribution in [3.63, 3.8) is 0 Å². The molecular formula is C14H15F3N4. The number of nitrogens with two attached hydrogens (primary N) is 1. The lowest BCUT2D eigenvalue weighted by atomic mass is 9.96. The van der Waals surface area contributed by atoms with E-state index >= 15 is 0 Å². The van der Waals surface area contributed by atoms with Crippen LogP contribution in [0.25, 0.3) is 0 Å². The van der Waals surface area contributed by atoms with Crippen molar-refractivity contribution in [1.82, 2.24) is 9.97 Å². The van der Waals surface area contributed by atoms with Gasteiger partial charge in [-0.05, 0) is 0 Å². The minimum Gasteiger partial charge on any atom is -0.384 e. The van der Waals surface area contributed by atoms with E-state index in [9.17, 15) is 13.2 Å². The number of hydrogen-bond donors (Lipinski definition) is 2. The van der Waals surface area contributed by atoms with Gasteiger partial charge in [0.2, 0.25) is 0 Å². The Labute approximate surface area is 120 Å². The SMILES string of the molecule is CC(C)(C)c1nc(N)cc(Nc2cc(F)c(F)c(F)c2)n1. The van der Waals surface area contributed by atoms with E-state index in [1.165, 1.54) is 6.07 Å². The van der Waals surface area contributed by atoms with Crippen molar-refractivity contribution in [2.75, 3.05) is 11.1 Å². The van der Waals surface area contributed by atoms with Crippen LogP contribution >= 0.6 is 0 Å². The summed E-state index contributed by atoms with van der Waals surface area (Å²) in [6.07, 6.45) is 0. The molecule has 3 N–H and O–H groups in total. The maximum Gasteiger partial charge on any atom is 0.194 e. The van der Waals surface area contributed by atoms with Gasteiger partial charge in [0.15, 0.2) is 17.5 Å². The van der Waals surface area contributed by atoms with Crippen molar-refractivity contribution in [3.8, 4) is 0 Å². The summed E-state index contributed by atoms with van der Waals surface area (Å²) >= 11 is 0. The van der Waals surface area contributed by atoms with Gasteiger partial charge in [0.25, 0.3) is 0 Å². The number of halogens is 3. The van der Waals surface area contributed by atoms with Gasteiger partial charge in [0, 0.05) is 29.3 Å². The number of aromatic nitrogens is 2. The van der Waals surface area contributed by atoms with Gasteiger partial charge in [-0.15, -0.1) is 0 Å². The molecule has 7 heteroatoms. The third kappa shape index (κ3) is 3.42. The van der Waals surface area contributed by atoms with Gasteiger partial charge >= 0.3 is 0 Å². The molecule has 1 aromatic carbocycles. The fourth-order valence-electron chi connectivity index (χ4n) is 1.64. The van der Waals surface area contributed by atoms with Gasteiger partial charge < -0.3 is 11.1 Å². The molecule has 21 heavy (non-hydrogen) atoms. The number of hydrogen-bond acceptors (Lipinski definition) is 4. The van der Waals surface area contributed by atoms with Gasteiger partial charge in [0.05, 0.1) is 0 Å². The van der Waals surface area contributed by atoms with Crippen molar-refractivity contribution in [1.29, 1.82) is 0 Å². The van der Waals surface area contributed by atoms with Crippen molar-refractivity contribution in [3.05, 3.63) is 41.5 Å². The van der Waals surface area contributed by atoms with Gasteiger partial charge in [-0.2, -0.15) is 0 Å². The van der Waals surface area contributed by atoms with Crippen LogP contribution in [-0.4, -0.2) is 9.97 Å². The Balaban J connectivity index is 2.38. The normalized spacial score (nSPS) is 11.5. The summed E-state index contributed by atoms with van der Waals surface area (Å²) in [4.78, 5) is 8.36. The molecule has 0 bridgehead atoms. The molecule has 0 aliphatic rings. The highest BCUT2D eigenvalue weighted by Gasteiger charge is 2.19. The Hall–Kier alpha value is -2.31. The summed E-state index contributed by atoms with van der Waals surface area (Å²) in [7, 11) is 0. The molecule has 0 unspecified atom stereocenters. The summed E-state index contributed by atoms with van der Waals surface area (Å²) in [6, 6.07) is 3.11. The van der Waals surface area contributed by atoms with Crippen molar-refractivity contribution >= 4 is 17.3 Å². The zero-order valence-corrected chi connectivity index (χ0v) is 11.8. The summed E-state index contributed by atoms with van der Waals surface area (Å²) < 4.78 is 39.3. The molecule has 0 amide bonds. The highest BCUT2D eigenvalue weighted by Crippen LogP contribution is 2.24. The van der Waals surface area contributed by atoms with Crippen LogP contribution in [0.5, 0.6) is 0 Å². The number of anilines is 3. The largest absolute Gasteiger partial charge is 0.384 e. The molecular weight excluding hydrogens is 281 g/mol. The van der Waals surface area contributed by atoms with Crippen LogP contribution in [0.1, 0.15) is 26.6 Å². The van der Waals surface area contributed by atoms with Crippen LogP contribution in [0, 0.1) is 17.5 Å². The number of nitrogen functional groups attached to an aromatic ring is 1.